The van der Waals surface area contributed by atoms with Crippen molar-refractivity contribution in [3.05, 3.63) is 29.3 Å². The molecule has 3 heteroatoms. The van der Waals surface area contributed by atoms with E-state index in [4.69, 9.17) is 9.84 Å². The largest absolute Gasteiger partial charge is 0.493 e. The minimum Gasteiger partial charge on any atom is -0.493 e. The maximum absolute atomic E-state index is 8.97. The zero-order chi connectivity index (χ0) is 13.0. The summed E-state index contributed by atoms with van der Waals surface area (Å²) in [6.07, 6.45) is 2.30. The summed E-state index contributed by atoms with van der Waals surface area (Å²) in [6.45, 7) is 5.88. The van der Waals surface area contributed by atoms with Crippen molar-refractivity contribution in [1.29, 1.82) is 0 Å². The van der Waals surface area contributed by atoms with Gasteiger partial charge in [0.1, 0.15) is 5.75 Å². The molecule has 100 valence electrons. The van der Waals surface area contributed by atoms with Gasteiger partial charge in [-0.05, 0) is 42.6 Å². The first-order chi connectivity index (χ1) is 8.74. The highest BCUT2D eigenvalue weighted by molar-refractivity contribution is 5.40. The van der Waals surface area contributed by atoms with Crippen LogP contribution in [0.1, 0.15) is 37.4 Å². The van der Waals surface area contributed by atoms with Gasteiger partial charge in [-0.15, -0.1) is 0 Å². The molecule has 2 rings (SSSR count). The molecule has 1 aromatic carbocycles. The molecule has 0 heterocycles. The fraction of sp³-hybridized carbons (Fsp3) is 0.600. The van der Waals surface area contributed by atoms with E-state index in [-0.39, 0.29) is 12.5 Å². The highest BCUT2D eigenvalue weighted by Crippen LogP contribution is 2.33. The van der Waals surface area contributed by atoms with Crippen LogP contribution in [0.3, 0.4) is 0 Å². The van der Waals surface area contributed by atoms with E-state index in [0.717, 1.165) is 18.7 Å². The molecular formula is C15H23NO2. The smallest absolute Gasteiger partial charge is 0.119 e. The first-order valence-electron chi connectivity index (χ1n) is 6.84. The molecule has 0 saturated carbocycles. The number of fused-ring (bicyclic) bond motifs is 1. The van der Waals surface area contributed by atoms with Gasteiger partial charge in [0.05, 0.1) is 6.61 Å². The van der Waals surface area contributed by atoms with Gasteiger partial charge < -0.3 is 15.2 Å². The molecule has 3 nitrogen and oxygen atoms in total. The lowest BCUT2D eigenvalue weighted by Crippen LogP contribution is -2.18. The first kappa shape index (κ1) is 13.4. The zero-order valence-electron chi connectivity index (χ0n) is 11.3. The van der Waals surface area contributed by atoms with Crippen LogP contribution in [-0.2, 0) is 6.42 Å². The van der Waals surface area contributed by atoms with E-state index >= 15 is 0 Å². The Morgan fingerprint density at radius 1 is 1.50 bits per heavy atom. The number of nitrogens with one attached hydrogen (secondary N) is 1. The van der Waals surface area contributed by atoms with Crippen LogP contribution in [0.5, 0.6) is 5.75 Å². The Morgan fingerprint density at radius 2 is 2.33 bits per heavy atom. The number of aryl methyl sites for hydroxylation is 1. The van der Waals surface area contributed by atoms with Crippen molar-refractivity contribution in [3.63, 3.8) is 0 Å². The predicted molar refractivity (Wildman–Crippen MR) is 72.9 cm³/mol. The molecule has 2 N–H and O–H groups in total. The van der Waals surface area contributed by atoms with E-state index < -0.39 is 0 Å². The molecule has 0 saturated heterocycles. The van der Waals surface area contributed by atoms with Crippen LogP contribution in [0.25, 0.3) is 0 Å². The standard InChI is InChI=1S/C15H23NO2/c1-3-16-15-7-4-12-8-13(5-6-14(12)15)18-10-11(2)9-17/h5-6,8,11,15-17H,3-4,7,9-10H2,1-2H3. The van der Waals surface area contributed by atoms with Gasteiger partial charge in [0.2, 0.25) is 0 Å². The molecule has 0 bridgehead atoms. The van der Waals surface area contributed by atoms with Gasteiger partial charge in [0.25, 0.3) is 0 Å². The van der Waals surface area contributed by atoms with Gasteiger partial charge in [0.15, 0.2) is 0 Å². The predicted octanol–water partition coefficient (Wildman–Crippen LogP) is 2.29. The Bertz CT molecular complexity index is 392. The Balaban J connectivity index is 2.00. The molecule has 1 aliphatic rings. The third-order valence-corrected chi connectivity index (χ3v) is 3.49. The van der Waals surface area contributed by atoms with Crippen LogP contribution in [0.4, 0.5) is 0 Å². The highest BCUT2D eigenvalue weighted by atomic mass is 16.5. The molecular weight excluding hydrogens is 226 g/mol. The topological polar surface area (TPSA) is 41.5 Å². The van der Waals surface area contributed by atoms with Crippen molar-refractivity contribution in [1.82, 2.24) is 5.32 Å². The molecule has 0 radical (unpaired) electrons. The summed E-state index contributed by atoms with van der Waals surface area (Å²) < 4.78 is 5.70. The number of aliphatic hydroxyl groups is 1. The van der Waals surface area contributed by atoms with Crippen LogP contribution >= 0.6 is 0 Å². The summed E-state index contributed by atoms with van der Waals surface area (Å²) in [4.78, 5) is 0. The van der Waals surface area contributed by atoms with Crippen LogP contribution in [-0.4, -0.2) is 24.9 Å². The second kappa shape index (κ2) is 6.21. The van der Waals surface area contributed by atoms with Crippen molar-refractivity contribution in [2.24, 2.45) is 5.92 Å². The second-order valence-electron chi connectivity index (χ2n) is 5.11. The molecule has 2 atom stereocenters. The molecule has 0 fully saturated rings. The number of benzene rings is 1. The summed E-state index contributed by atoms with van der Waals surface area (Å²) >= 11 is 0. The summed E-state index contributed by atoms with van der Waals surface area (Å²) in [5.74, 6) is 1.11. The third-order valence-electron chi connectivity index (χ3n) is 3.49. The van der Waals surface area contributed by atoms with Crippen LogP contribution in [0.15, 0.2) is 18.2 Å². The lowest BCUT2D eigenvalue weighted by atomic mass is 10.1. The Kier molecular flexibility index (Phi) is 4.61. The number of aliphatic hydroxyl groups excluding tert-OH is 1. The van der Waals surface area contributed by atoms with Gasteiger partial charge >= 0.3 is 0 Å². The van der Waals surface area contributed by atoms with Crippen molar-refractivity contribution >= 4 is 0 Å². The lowest BCUT2D eigenvalue weighted by Gasteiger charge is -2.14. The van der Waals surface area contributed by atoms with Crippen LogP contribution < -0.4 is 10.1 Å². The van der Waals surface area contributed by atoms with E-state index in [1.54, 1.807) is 0 Å². The van der Waals surface area contributed by atoms with Gasteiger partial charge in [-0.2, -0.15) is 0 Å². The number of hydrogen-bond donors (Lipinski definition) is 2. The molecule has 1 aromatic rings. The molecule has 0 aromatic heterocycles. The van der Waals surface area contributed by atoms with Crippen molar-refractivity contribution in [3.8, 4) is 5.75 Å². The monoisotopic (exact) mass is 249 g/mol. The molecule has 0 aliphatic heterocycles. The summed E-state index contributed by atoms with van der Waals surface area (Å²) in [7, 11) is 0. The van der Waals surface area contributed by atoms with E-state index in [2.05, 4.69) is 24.4 Å². The van der Waals surface area contributed by atoms with Gasteiger partial charge in [-0.1, -0.05) is 19.9 Å². The molecule has 2 unspecified atom stereocenters. The molecule has 0 amide bonds. The quantitative estimate of drug-likeness (QED) is 0.813. The second-order valence-corrected chi connectivity index (χ2v) is 5.11. The molecule has 18 heavy (non-hydrogen) atoms. The maximum Gasteiger partial charge on any atom is 0.119 e. The summed E-state index contributed by atoms with van der Waals surface area (Å²) in [5.41, 5.74) is 2.81. The average molecular weight is 249 g/mol. The average Bonchev–Trinajstić information content (AvgIpc) is 2.79. The van der Waals surface area contributed by atoms with E-state index in [1.165, 1.54) is 17.5 Å². The lowest BCUT2D eigenvalue weighted by molar-refractivity contribution is 0.174. The minimum atomic E-state index is 0.174. The maximum atomic E-state index is 8.97. The van der Waals surface area contributed by atoms with E-state index in [9.17, 15) is 0 Å². The Labute approximate surface area is 109 Å². The Hall–Kier alpha value is -1.06. The van der Waals surface area contributed by atoms with Gasteiger partial charge in [-0.3, -0.25) is 0 Å². The normalized spacial score (nSPS) is 19.6. The summed E-state index contributed by atoms with van der Waals surface area (Å²) in [6, 6.07) is 6.87. The fourth-order valence-electron chi connectivity index (χ4n) is 2.43. The number of ether oxygens (including phenoxy) is 1. The highest BCUT2D eigenvalue weighted by Gasteiger charge is 2.21. The van der Waals surface area contributed by atoms with Crippen LogP contribution in [0, 0.1) is 5.92 Å². The van der Waals surface area contributed by atoms with Crippen molar-refractivity contribution in [2.75, 3.05) is 19.8 Å². The van der Waals surface area contributed by atoms with E-state index in [0.29, 0.717) is 12.6 Å². The third kappa shape index (κ3) is 3.03. The number of rotatable bonds is 6. The summed E-state index contributed by atoms with van der Waals surface area (Å²) in [5, 5.41) is 12.5. The number of hydrogen-bond acceptors (Lipinski definition) is 3. The van der Waals surface area contributed by atoms with Gasteiger partial charge in [-0.25, -0.2) is 0 Å². The van der Waals surface area contributed by atoms with Crippen LogP contribution in [0.2, 0.25) is 0 Å². The Morgan fingerprint density at radius 3 is 3.06 bits per heavy atom. The SMILES string of the molecule is CCNC1CCc2cc(OCC(C)CO)ccc21. The molecule has 1 aliphatic carbocycles. The van der Waals surface area contributed by atoms with Gasteiger partial charge in [0, 0.05) is 18.6 Å². The fourth-order valence-corrected chi connectivity index (χ4v) is 2.43. The minimum absolute atomic E-state index is 0.174. The first-order valence-corrected chi connectivity index (χ1v) is 6.84. The molecule has 0 spiro atoms. The van der Waals surface area contributed by atoms with E-state index in [1.807, 2.05) is 13.0 Å². The van der Waals surface area contributed by atoms with Crippen molar-refractivity contribution in [2.45, 2.75) is 32.7 Å². The zero-order valence-corrected chi connectivity index (χ0v) is 11.3. The van der Waals surface area contributed by atoms with Crippen molar-refractivity contribution < 1.29 is 9.84 Å².